The number of aromatic carboxylic acids is 1. The van der Waals surface area contributed by atoms with E-state index in [-0.39, 0.29) is 11.1 Å². The number of carboxylic acids is 1. The first-order valence-electron chi connectivity index (χ1n) is 7.46. The first kappa shape index (κ1) is 13.9. The zero-order chi connectivity index (χ0) is 14.9. The molecule has 0 unspecified atom stereocenters. The molecule has 1 saturated carbocycles. The summed E-state index contributed by atoms with van der Waals surface area (Å²) in [6.07, 6.45) is 5.08. The maximum absolute atomic E-state index is 11.6. The van der Waals surface area contributed by atoms with Gasteiger partial charge in [-0.3, -0.25) is 0 Å². The Kier molecular flexibility index (Phi) is 3.53. The minimum absolute atomic E-state index is 0.0811. The lowest BCUT2D eigenvalue weighted by Crippen LogP contribution is -2.23. The number of nitrogens with zero attached hydrogens (tertiary/aromatic N) is 1. The second-order valence-electron chi connectivity index (χ2n) is 5.71. The van der Waals surface area contributed by atoms with Crippen LogP contribution in [0.4, 0.5) is 0 Å². The van der Waals surface area contributed by atoms with Gasteiger partial charge in [0.25, 0.3) is 0 Å². The molecule has 0 spiro atoms. The molecule has 1 fully saturated rings. The van der Waals surface area contributed by atoms with Gasteiger partial charge in [-0.1, -0.05) is 38.0 Å². The van der Waals surface area contributed by atoms with E-state index in [2.05, 4.69) is 11.9 Å². The Bertz CT molecular complexity index is 639. The van der Waals surface area contributed by atoms with E-state index in [9.17, 15) is 9.90 Å². The average Bonchev–Trinajstić information content (AvgIpc) is 3.15. The molecule has 1 aliphatic carbocycles. The molecular weight excluding hydrogens is 266 g/mol. The zero-order valence-corrected chi connectivity index (χ0v) is 12.1. The zero-order valence-electron chi connectivity index (χ0n) is 12.1. The smallest absolute Gasteiger partial charge is 0.358 e. The molecule has 0 atom stereocenters. The van der Waals surface area contributed by atoms with Crippen LogP contribution in [0.2, 0.25) is 0 Å². The Morgan fingerprint density at radius 3 is 2.52 bits per heavy atom. The van der Waals surface area contributed by atoms with E-state index in [1.807, 2.05) is 30.3 Å². The summed E-state index contributed by atoms with van der Waals surface area (Å²) in [5.41, 5.74) is 0.737. The molecule has 110 valence electrons. The van der Waals surface area contributed by atoms with Gasteiger partial charge >= 0.3 is 5.97 Å². The average molecular weight is 285 g/mol. The molecule has 0 bridgehead atoms. The van der Waals surface area contributed by atoms with Crippen molar-refractivity contribution in [3.05, 3.63) is 41.8 Å². The Balaban J connectivity index is 2.12. The van der Waals surface area contributed by atoms with Crippen LogP contribution in [0, 0.1) is 0 Å². The van der Waals surface area contributed by atoms with Crippen molar-refractivity contribution in [1.29, 1.82) is 0 Å². The summed E-state index contributed by atoms with van der Waals surface area (Å²) in [6.45, 7) is 2.10. The fourth-order valence-electron chi connectivity index (χ4n) is 3.32. The van der Waals surface area contributed by atoms with Gasteiger partial charge < -0.3 is 9.52 Å². The maximum Gasteiger partial charge on any atom is 0.358 e. The second-order valence-corrected chi connectivity index (χ2v) is 5.71. The predicted octanol–water partition coefficient (Wildman–Crippen LogP) is 4.26. The summed E-state index contributed by atoms with van der Waals surface area (Å²) in [6, 6.07) is 9.47. The number of rotatable bonds is 4. The Hall–Kier alpha value is -2.10. The van der Waals surface area contributed by atoms with Crippen LogP contribution in [0.1, 0.15) is 55.3 Å². The Morgan fingerprint density at radius 2 is 1.95 bits per heavy atom. The topological polar surface area (TPSA) is 63.3 Å². The normalized spacial score (nSPS) is 17.0. The molecular formula is C17H19NO3. The highest BCUT2D eigenvalue weighted by Crippen LogP contribution is 2.46. The molecule has 1 aromatic heterocycles. The van der Waals surface area contributed by atoms with Crippen molar-refractivity contribution in [2.75, 3.05) is 0 Å². The van der Waals surface area contributed by atoms with E-state index >= 15 is 0 Å². The number of oxazole rings is 1. The largest absolute Gasteiger partial charge is 0.476 e. The van der Waals surface area contributed by atoms with Gasteiger partial charge in [0.1, 0.15) is 5.76 Å². The SMILES string of the molecule is CCC1(c2oc(-c3ccccc3)nc2C(=O)O)CCCC1. The van der Waals surface area contributed by atoms with E-state index < -0.39 is 5.97 Å². The lowest BCUT2D eigenvalue weighted by atomic mass is 9.80. The van der Waals surface area contributed by atoms with E-state index in [1.165, 1.54) is 0 Å². The summed E-state index contributed by atoms with van der Waals surface area (Å²) in [7, 11) is 0. The minimum Gasteiger partial charge on any atom is -0.476 e. The molecule has 0 amide bonds. The lowest BCUT2D eigenvalue weighted by molar-refractivity contribution is 0.0685. The van der Waals surface area contributed by atoms with Crippen molar-refractivity contribution in [1.82, 2.24) is 4.98 Å². The molecule has 4 heteroatoms. The van der Waals surface area contributed by atoms with Crippen LogP contribution in [-0.2, 0) is 5.41 Å². The molecule has 1 N–H and O–H groups in total. The third kappa shape index (κ3) is 2.35. The highest BCUT2D eigenvalue weighted by molar-refractivity contribution is 5.87. The van der Waals surface area contributed by atoms with Gasteiger partial charge in [-0.2, -0.15) is 0 Å². The van der Waals surface area contributed by atoms with Crippen LogP contribution in [0.15, 0.2) is 34.7 Å². The van der Waals surface area contributed by atoms with Crippen molar-refractivity contribution in [3.63, 3.8) is 0 Å². The number of benzene rings is 1. The molecule has 0 radical (unpaired) electrons. The summed E-state index contributed by atoms with van der Waals surface area (Å²) in [4.78, 5) is 15.8. The molecule has 1 aliphatic rings. The number of aromatic nitrogens is 1. The standard InChI is InChI=1S/C17H19NO3/c1-2-17(10-6-7-11-17)14-13(16(19)20)18-15(21-14)12-8-4-3-5-9-12/h3-5,8-9H,2,6-7,10-11H2,1H3,(H,19,20). The van der Waals surface area contributed by atoms with E-state index in [1.54, 1.807) is 0 Å². The summed E-state index contributed by atoms with van der Waals surface area (Å²) in [5, 5.41) is 9.47. The highest BCUT2D eigenvalue weighted by atomic mass is 16.4. The Labute approximate surface area is 123 Å². The van der Waals surface area contributed by atoms with Gasteiger partial charge in [0, 0.05) is 11.0 Å². The van der Waals surface area contributed by atoms with Crippen molar-refractivity contribution >= 4 is 5.97 Å². The minimum atomic E-state index is -1.00. The molecule has 0 saturated heterocycles. The molecule has 2 aromatic rings. The van der Waals surface area contributed by atoms with Gasteiger partial charge in [0.2, 0.25) is 5.89 Å². The van der Waals surface area contributed by atoms with Gasteiger partial charge in [-0.05, 0) is 31.4 Å². The first-order chi connectivity index (χ1) is 10.2. The molecule has 3 rings (SSSR count). The number of hydrogen-bond donors (Lipinski definition) is 1. The van der Waals surface area contributed by atoms with E-state index in [0.29, 0.717) is 11.7 Å². The summed E-state index contributed by atoms with van der Waals surface area (Å²) >= 11 is 0. The van der Waals surface area contributed by atoms with Crippen LogP contribution < -0.4 is 0 Å². The highest BCUT2D eigenvalue weighted by Gasteiger charge is 2.41. The van der Waals surface area contributed by atoms with Crippen LogP contribution in [0.3, 0.4) is 0 Å². The summed E-state index contributed by atoms with van der Waals surface area (Å²) in [5.74, 6) is -0.0350. The van der Waals surface area contributed by atoms with Gasteiger partial charge in [-0.25, -0.2) is 9.78 Å². The van der Waals surface area contributed by atoms with Crippen LogP contribution in [-0.4, -0.2) is 16.1 Å². The number of carboxylic acid groups (broad SMARTS) is 1. The third-order valence-electron chi connectivity index (χ3n) is 4.57. The van der Waals surface area contributed by atoms with E-state index in [0.717, 1.165) is 37.7 Å². The van der Waals surface area contributed by atoms with Crippen LogP contribution in [0.5, 0.6) is 0 Å². The second kappa shape index (κ2) is 5.35. The van der Waals surface area contributed by atoms with Crippen LogP contribution in [0.25, 0.3) is 11.5 Å². The van der Waals surface area contributed by atoms with Crippen molar-refractivity contribution in [3.8, 4) is 11.5 Å². The monoisotopic (exact) mass is 285 g/mol. The first-order valence-corrected chi connectivity index (χ1v) is 7.46. The fourth-order valence-corrected chi connectivity index (χ4v) is 3.32. The summed E-state index contributed by atoms with van der Waals surface area (Å²) < 4.78 is 5.95. The van der Waals surface area contributed by atoms with Crippen LogP contribution >= 0.6 is 0 Å². The van der Waals surface area contributed by atoms with Gasteiger partial charge in [-0.15, -0.1) is 0 Å². The van der Waals surface area contributed by atoms with Crippen molar-refractivity contribution in [2.45, 2.75) is 44.4 Å². The van der Waals surface area contributed by atoms with Crippen molar-refractivity contribution in [2.24, 2.45) is 0 Å². The molecule has 1 heterocycles. The fraction of sp³-hybridized carbons (Fsp3) is 0.412. The third-order valence-corrected chi connectivity index (χ3v) is 4.57. The van der Waals surface area contributed by atoms with E-state index in [4.69, 9.17) is 4.42 Å². The predicted molar refractivity (Wildman–Crippen MR) is 79.3 cm³/mol. The maximum atomic E-state index is 11.6. The number of carbonyl (C=O) groups is 1. The van der Waals surface area contributed by atoms with Crippen molar-refractivity contribution < 1.29 is 14.3 Å². The van der Waals surface area contributed by atoms with Gasteiger partial charge in [0.05, 0.1) is 0 Å². The number of hydrogen-bond acceptors (Lipinski definition) is 3. The van der Waals surface area contributed by atoms with Gasteiger partial charge in [0.15, 0.2) is 5.69 Å². The molecule has 0 aliphatic heterocycles. The lowest BCUT2D eigenvalue weighted by Gasteiger charge is -2.24. The molecule has 4 nitrogen and oxygen atoms in total. The Morgan fingerprint density at radius 1 is 1.29 bits per heavy atom. The quantitative estimate of drug-likeness (QED) is 0.911. The molecule has 21 heavy (non-hydrogen) atoms. The molecule has 1 aromatic carbocycles.